The summed E-state index contributed by atoms with van der Waals surface area (Å²) in [6.07, 6.45) is 1.27. The third-order valence-corrected chi connectivity index (χ3v) is 2.73. The number of carbonyl (C=O) groups excluding carboxylic acids is 1. The fourth-order valence-corrected chi connectivity index (χ4v) is 2.24. The maximum absolute atomic E-state index is 11.2. The number of carbonyl (C=O) groups is 1. The maximum atomic E-state index is 11.2. The van der Waals surface area contributed by atoms with Crippen LogP contribution < -0.4 is 0 Å². The highest BCUT2D eigenvalue weighted by atomic mass is 32.1. The number of thiazole rings is 1. The lowest BCUT2D eigenvalue weighted by molar-refractivity contribution is -0.142. The second-order valence-electron chi connectivity index (χ2n) is 3.81. The van der Waals surface area contributed by atoms with E-state index in [-0.39, 0.29) is 5.97 Å². The first-order valence-corrected chi connectivity index (χ1v) is 6.08. The van der Waals surface area contributed by atoms with Gasteiger partial charge in [0.05, 0.1) is 23.7 Å². The SMILES string of the molecule is CCOC(=O)Cc1csc(CC(C)C)n1. The third kappa shape index (κ3) is 4.42. The van der Waals surface area contributed by atoms with Gasteiger partial charge in [-0.15, -0.1) is 11.3 Å². The van der Waals surface area contributed by atoms with Crippen LogP contribution in [0, 0.1) is 5.92 Å². The summed E-state index contributed by atoms with van der Waals surface area (Å²) in [5.41, 5.74) is 0.828. The van der Waals surface area contributed by atoms with Gasteiger partial charge in [-0.1, -0.05) is 13.8 Å². The largest absolute Gasteiger partial charge is 0.466 e. The second kappa shape index (κ2) is 5.85. The molecule has 0 bridgehead atoms. The number of esters is 1. The quantitative estimate of drug-likeness (QED) is 0.725. The van der Waals surface area contributed by atoms with Crippen molar-refractivity contribution in [1.82, 2.24) is 4.98 Å². The van der Waals surface area contributed by atoms with Gasteiger partial charge in [0.25, 0.3) is 0 Å². The van der Waals surface area contributed by atoms with Crippen molar-refractivity contribution >= 4 is 17.3 Å². The van der Waals surface area contributed by atoms with Gasteiger partial charge in [-0.25, -0.2) is 4.98 Å². The maximum Gasteiger partial charge on any atom is 0.311 e. The summed E-state index contributed by atoms with van der Waals surface area (Å²) >= 11 is 1.62. The minimum Gasteiger partial charge on any atom is -0.466 e. The molecule has 15 heavy (non-hydrogen) atoms. The van der Waals surface area contributed by atoms with Crippen molar-refractivity contribution in [3.05, 3.63) is 16.1 Å². The van der Waals surface area contributed by atoms with Gasteiger partial charge in [0.15, 0.2) is 0 Å². The van der Waals surface area contributed by atoms with Gasteiger partial charge in [-0.3, -0.25) is 4.79 Å². The Bertz CT molecular complexity index is 320. The molecule has 0 atom stereocenters. The van der Waals surface area contributed by atoms with E-state index in [1.807, 2.05) is 12.3 Å². The van der Waals surface area contributed by atoms with Crippen LogP contribution in [0.15, 0.2) is 5.38 Å². The summed E-state index contributed by atoms with van der Waals surface area (Å²) < 4.78 is 4.86. The minimum atomic E-state index is -0.195. The molecule has 0 aliphatic carbocycles. The molecule has 4 heteroatoms. The lowest BCUT2D eigenvalue weighted by atomic mass is 10.1. The van der Waals surface area contributed by atoms with E-state index >= 15 is 0 Å². The summed E-state index contributed by atoms with van der Waals surface area (Å²) in [4.78, 5) is 15.6. The first-order chi connectivity index (χ1) is 7.11. The Morgan fingerprint density at radius 3 is 2.93 bits per heavy atom. The smallest absolute Gasteiger partial charge is 0.311 e. The highest BCUT2D eigenvalue weighted by Crippen LogP contribution is 2.14. The van der Waals surface area contributed by atoms with Gasteiger partial charge in [0.2, 0.25) is 0 Å². The summed E-state index contributed by atoms with van der Waals surface area (Å²) in [6, 6.07) is 0. The Labute approximate surface area is 94.5 Å². The highest BCUT2D eigenvalue weighted by Gasteiger charge is 2.08. The summed E-state index contributed by atoms with van der Waals surface area (Å²) in [7, 11) is 0. The predicted octanol–water partition coefficient (Wildman–Crippen LogP) is 2.45. The van der Waals surface area contributed by atoms with E-state index in [2.05, 4.69) is 18.8 Å². The lowest BCUT2D eigenvalue weighted by Crippen LogP contribution is -2.07. The Hall–Kier alpha value is -0.900. The molecule has 84 valence electrons. The predicted molar refractivity (Wildman–Crippen MR) is 61.0 cm³/mol. The fourth-order valence-electron chi connectivity index (χ4n) is 1.23. The molecule has 0 saturated carbocycles. The van der Waals surface area contributed by atoms with Gasteiger partial charge in [-0.2, -0.15) is 0 Å². The number of hydrogen-bond donors (Lipinski definition) is 0. The zero-order valence-electron chi connectivity index (χ0n) is 9.45. The molecule has 1 aromatic heterocycles. The van der Waals surface area contributed by atoms with Crippen molar-refractivity contribution in [2.75, 3.05) is 6.61 Å². The van der Waals surface area contributed by atoms with Crippen molar-refractivity contribution < 1.29 is 9.53 Å². The lowest BCUT2D eigenvalue weighted by Gasteiger charge is -1.99. The first-order valence-electron chi connectivity index (χ1n) is 5.20. The van der Waals surface area contributed by atoms with Crippen LogP contribution in [0.4, 0.5) is 0 Å². The molecule has 0 radical (unpaired) electrons. The molecule has 0 aliphatic rings. The Kier molecular flexibility index (Phi) is 4.75. The molecule has 0 aromatic carbocycles. The molecule has 3 nitrogen and oxygen atoms in total. The number of rotatable bonds is 5. The van der Waals surface area contributed by atoms with Gasteiger partial charge in [-0.05, 0) is 12.8 Å². The normalized spacial score (nSPS) is 10.7. The molecular formula is C11H17NO2S. The molecule has 0 amide bonds. The van der Waals surface area contributed by atoms with Crippen LogP contribution >= 0.6 is 11.3 Å². The summed E-state index contributed by atoms with van der Waals surface area (Å²) in [6.45, 7) is 6.56. The molecule has 0 saturated heterocycles. The molecule has 0 aliphatic heterocycles. The number of aromatic nitrogens is 1. The van der Waals surface area contributed by atoms with E-state index in [1.54, 1.807) is 11.3 Å². The van der Waals surface area contributed by atoms with Gasteiger partial charge >= 0.3 is 5.97 Å². The van der Waals surface area contributed by atoms with Crippen molar-refractivity contribution in [3.8, 4) is 0 Å². The van der Waals surface area contributed by atoms with Gasteiger partial charge in [0.1, 0.15) is 0 Å². The van der Waals surface area contributed by atoms with E-state index < -0.39 is 0 Å². The van der Waals surface area contributed by atoms with E-state index in [0.29, 0.717) is 18.9 Å². The average Bonchev–Trinajstić information content (AvgIpc) is 2.51. The minimum absolute atomic E-state index is 0.195. The molecule has 0 unspecified atom stereocenters. The first kappa shape index (κ1) is 12.2. The second-order valence-corrected chi connectivity index (χ2v) is 4.76. The third-order valence-electron chi connectivity index (χ3n) is 1.81. The van der Waals surface area contributed by atoms with Crippen LogP contribution in [0.1, 0.15) is 31.5 Å². The van der Waals surface area contributed by atoms with Crippen LogP contribution in [-0.2, 0) is 22.4 Å². The van der Waals surface area contributed by atoms with Crippen molar-refractivity contribution in [3.63, 3.8) is 0 Å². The highest BCUT2D eigenvalue weighted by molar-refractivity contribution is 7.09. The monoisotopic (exact) mass is 227 g/mol. The molecule has 0 N–H and O–H groups in total. The van der Waals surface area contributed by atoms with Crippen LogP contribution in [0.2, 0.25) is 0 Å². The topological polar surface area (TPSA) is 39.2 Å². The molecule has 1 aromatic rings. The van der Waals surface area contributed by atoms with Crippen LogP contribution in [0.25, 0.3) is 0 Å². The average molecular weight is 227 g/mol. The molecule has 0 spiro atoms. The van der Waals surface area contributed by atoms with Crippen LogP contribution in [-0.4, -0.2) is 17.6 Å². The Balaban J connectivity index is 2.49. The van der Waals surface area contributed by atoms with Crippen molar-refractivity contribution in [2.45, 2.75) is 33.6 Å². The number of nitrogens with zero attached hydrogens (tertiary/aromatic N) is 1. The van der Waals surface area contributed by atoms with E-state index in [0.717, 1.165) is 17.1 Å². The van der Waals surface area contributed by atoms with E-state index in [1.165, 1.54) is 0 Å². The van der Waals surface area contributed by atoms with Crippen molar-refractivity contribution in [1.29, 1.82) is 0 Å². The van der Waals surface area contributed by atoms with Crippen LogP contribution in [0.5, 0.6) is 0 Å². The van der Waals surface area contributed by atoms with E-state index in [9.17, 15) is 4.79 Å². The number of ether oxygens (including phenoxy) is 1. The van der Waals surface area contributed by atoms with Crippen LogP contribution in [0.3, 0.4) is 0 Å². The summed E-state index contributed by atoms with van der Waals surface area (Å²) in [5, 5.41) is 3.04. The Morgan fingerprint density at radius 1 is 1.60 bits per heavy atom. The van der Waals surface area contributed by atoms with Crippen molar-refractivity contribution in [2.24, 2.45) is 5.92 Å². The van der Waals surface area contributed by atoms with Gasteiger partial charge < -0.3 is 4.74 Å². The number of hydrogen-bond acceptors (Lipinski definition) is 4. The fraction of sp³-hybridized carbons (Fsp3) is 0.636. The standard InChI is InChI=1S/C11H17NO2S/c1-4-14-11(13)6-9-7-15-10(12-9)5-8(2)3/h7-8H,4-6H2,1-3H3. The zero-order chi connectivity index (χ0) is 11.3. The Morgan fingerprint density at radius 2 is 2.33 bits per heavy atom. The zero-order valence-corrected chi connectivity index (χ0v) is 10.3. The summed E-state index contributed by atoms with van der Waals surface area (Å²) in [5.74, 6) is 0.408. The van der Waals surface area contributed by atoms with Gasteiger partial charge in [0, 0.05) is 11.8 Å². The molecule has 0 fully saturated rings. The molecule has 1 heterocycles. The molecule has 1 rings (SSSR count). The van der Waals surface area contributed by atoms with E-state index in [4.69, 9.17) is 4.74 Å². The molecular weight excluding hydrogens is 210 g/mol.